The van der Waals surface area contributed by atoms with E-state index < -0.39 is 101 Å². The number of phenolic OH excluding ortho intramolecular Hbond substituents is 7. The molecule has 1 heterocycles. The van der Waals surface area contributed by atoms with Crippen molar-refractivity contribution in [2.45, 2.75) is 37.1 Å². The van der Waals surface area contributed by atoms with Gasteiger partial charge in [-0.05, 0) is 70.8 Å². The zero-order valence-corrected chi connectivity index (χ0v) is 28.7. The number of fused-ring (bicyclic) bond motifs is 1. The summed E-state index contributed by atoms with van der Waals surface area (Å²) in [4.78, 5) is 50.6. The fourth-order valence-corrected chi connectivity index (χ4v) is 5.48. The van der Waals surface area contributed by atoms with Gasteiger partial charge in [-0.3, -0.25) is 4.79 Å². The Labute approximate surface area is 315 Å². The van der Waals surface area contributed by atoms with Gasteiger partial charge in [0.25, 0.3) is 0 Å². The summed E-state index contributed by atoms with van der Waals surface area (Å²) in [5, 5.41) is 93.3. The predicted molar refractivity (Wildman–Crippen MR) is 176 cm³/mol. The SMILES string of the molecule is O=C(/C=C/c1ccc(O)c2c1C(C(=O)OC(Cc1ccc(O)c(O)c1)C(=O)[O-])C(c1ccc(O)c(O)c1)O2)OC(Cc1ccc(O)c(O)c1)C(=O)[O-].[Mg+2]. The second kappa shape index (κ2) is 16.3. The van der Waals surface area contributed by atoms with Crippen molar-refractivity contribution < 1.29 is 79.3 Å². The van der Waals surface area contributed by atoms with Crippen molar-refractivity contribution in [3.05, 3.63) is 101 Å². The molecule has 0 amide bonds. The maximum absolute atomic E-state index is 13.9. The molecule has 0 saturated carbocycles. The number of hydrogen-bond donors (Lipinski definition) is 7. The summed E-state index contributed by atoms with van der Waals surface area (Å²) in [6.45, 7) is 0. The van der Waals surface area contributed by atoms with Gasteiger partial charge in [0.05, 0.1) is 11.9 Å². The van der Waals surface area contributed by atoms with Crippen LogP contribution in [0.1, 0.15) is 39.8 Å². The molecule has 270 valence electrons. The van der Waals surface area contributed by atoms with Crippen LogP contribution in [0.3, 0.4) is 0 Å². The molecule has 0 spiro atoms. The van der Waals surface area contributed by atoms with E-state index in [9.17, 15) is 65.1 Å². The van der Waals surface area contributed by atoms with E-state index in [-0.39, 0.29) is 56.6 Å². The third kappa shape index (κ3) is 8.94. The fourth-order valence-electron chi connectivity index (χ4n) is 5.48. The number of ether oxygens (including phenoxy) is 3. The molecule has 7 N–H and O–H groups in total. The molecule has 4 aromatic carbocycles. The van der Waals surface area contributed by atoms with Gasteiger partial charge in [0, 0.05) is 24.5 Å². The van der Waals surface area contributed by atoms with Gasteiger partial charge >= 0.3 is 35.0 Å². The normalized spacial score (nSPS) is 15.7. The largest absolute Gasteiger partial charge is 2.00 e. The number of rotatable bonds is 12. The Morgan fingerprint density at radius 1 is 0.660 bits per heavy atom. The molecule has 0 aromatic heterocycles. The molecule has 4 aromatic rings. The molecule has 0 aliphatic carbocycles. The molecule has 0 saturated heterocycles. The van der Waals surface area contributed by atoms with E-state index >= 15 is 0 Å². The summed E-state index contributed by atoms with van der Waals surface area (Å²) < 4.78 is 16.3. The predicted octanol–water partition coefficient (Wildman–Crippen LogP) is 0.284. The first-order valence-corrected chi connectivity index (χ1v) is 15.2. The van der Waals surface area contributed by atoms with Gasteiger partial charge in [0.1, 0.15) is 24.2 Å². The summed E-state index contributed by atoms with van der Waals surface area (Å²) in [6.07, 6.45) is -4.31. The second-order valence-electron chi connectivity index (χ2n) is 11.6. The summed E-state index contributed by atoms with van der Waals surface area (Å²) in [7, 11) is 0. The van der Waals surface area contributed by atoms with Gasteiger partial charge in [-0.2, -0.15) is 0 Å². The Bertz CT molecular complexity index is 2090. The zero-order chi connectivity index (χ0) is 37.9. The first-order valence-electron chi connectivity index (χ1n) is 15.2. The molecule has 0 fully saturated rings. The number of phenols is 7. The third-order valence-electron chi connectivity index (χ3n) is 8.01. The first kappa shape index (κ1) is 39.5. The average molecular weight is 741 g/mol. The van der Waals surface area contributed by atoms with Crippen LogP contribution in [0.4, 0.5) is 0 Å². The van der Waals surface area contributed by atoms with Crippen molar-refractivity contribution in [3.8, 4) is 46.0 Å². The molecule has 53 heavy (non-hydrogen) atoms. The minimum Gasteiger partial charge on any atom is -0.546 e. The van der Waals surface area contributed by atoms with Crippen LogP contribution in [0.2, 0.25) is 0 Å². The Morgan fingerprint density at radius 3 is 1.66 bits per heavy atom. The zero-order valence-electron chi connectivity index (χ0n) is 27.2. The summed E-state index contributed by atoms with van der Waals surface area (Å²) in [5.74, 6) is -11.6. The van der Waals surface area contributed by atoms with Crippen LogP contribution in [0.5, 0.6) is 46.0 Å². The number of carboxylic acids is 2. The van der Waals surface area contributed by atoms with Crippen LogP contribution in [0.15, 0.2) is 72.8 Å². The number of carbonyl (C=O) groups excluding carboxylic acids is 4. The van der Waals surface area contributed by atoms with Crippen molar-refractivity contribution in [3.63, 3.8) is 0 Å². The number of aliphatic carboxylic acids is 2. The van der Waals surface area contributed by atoms with E-state index in [0.29, 0.717) is 0 Å². The molecular weight excluding hydrogens is 713 g/mol. The molecule has 1 aliphatic heterocycles. The minimum atomic E-state index is -1.96. The quantitative estimate of drug-likeness (QED) is 0.0444. The van der Waals surface area contributed by atoms with E-state index in [1.807, 2.05) is 0 Å². The van der Waals surface area contributed by atoms with Crippen LogP contribution < -0.4 is 14.9 Å². The Kier molecular flexibility index (Phi) is 12.2. The van der Waals surface area contributed by atoms with Gasteiger partial charge in [-0.1, -0.05) is 24.3 Å². The molecule has 0 bridgehead atoms. The maximum Gasteiger partial charge on any atom is 2.00 e. The van der Waals surface area contributed by atoms with Gasteiger partial charge in [-0.25, -0.2) is 4.79 Å². The van der Waals surface area contributed by atoms with E-state index in [0.717, 1.165) is 54.6 Å². The number of carboxylic acid groups (broad SMARTS) is 2. The summed E-state index contributed by atoms with van der Waals surface area (Å²) in [6, 6.07) is 12.7. The molecule has 5 rings (SSSR count). The van der Waals surface area contributed by atoms with Crippen LogP contribution in [-0.2, 0) is 41.5 Å². The monoisotopic (exact) mass is 740 g/mol. The Hall–Kier alpha value is -6.33. The van der Waals surface area contributed by atoms with Gasteiger partial charge in [0.2, 0.25) is 0 Å². The number of hydrogen-bond acceptors (Lipinski definition) is 16. The number of benzene rings is 4. The van der Waals surface area contributed by atoms with Crippen molar-refractivity contribution >= 4 is 53.0 Å². The van der Waals surface area contributed by atoms with E-state index in [1.54, 1.807) is 0 Å². The van der Waals surface area contributed by atoms with Crippen molar-refractivity contribution in [2.24, 2.45) is 0 Å². The second-order valence-corrected chi connectivity index (χ2v) is 11.6. The van der Waals surface area contributed by atoms with Crippen molar-refractivity contribution in [2.75, 3.05) is 0 Å². The summed E-state index contributed by atoms with van der Waals surface area (Å²) >= 11 is 0. The van der Waals surface area contributed by atoms with Gasteiger partial charge < -0.3 is 69.8 Å². The molecule has 4 unspecified atom stereocenters. The molecule has 4 atom stereocenters. The topological polar surface area (TPSA) is 284 Å². The molecule has 0 radical (unpaired) electrons. The minimum absolute atomic E-state index is 0. The molecule has 17 heteroatoms. The smallest absolute Gasteiger partial charge is 0.546 e. The number of esters is 2. The van der Waals surface area contributed by atoms with Crippen LogP contribution in [-0.4, -0.2) is 94.9 Å². The van der Waals surface area contributed by atoms with Crippen molar-refractivity contribution in [1.29, 1.82) is 0 Å². The van der Waals surface area contributed by atoms with Crippen LogP contribution >= 0.6 is 0 Å². The fraction of sp³-hybridized carbons (Fsp3) is 0.167. The average Bonchev–Trinajstić information content (AvgIpc) is 3.50. The van der Waals surface area contributed by atoms with E-state index in [1.165, 1.54) is 24.3 Å². The van der Waals surface area contributed by atoms with Crippen LogP contribution in [0, 0.1) is 0 Å². The standard InChI is InChI=1S/C36H30O16.Mg/c37-20-6-1-16(11-24(20)41)13-27(34(45)46)50-29(44)10-5-18-3-9-23(40)33-30(18)31(32(52-33)19-4-8-22(39)26(43)15-19)36(49)51-28(35(47)48)14-17-2-7-21(38)25(42)12-17;/h1-12,15,27-28,31-32,37-43H,13-14H2,(H,45,46)(H,47,48);/q;+2/p-2/b10-5+;. The first-order chi connectivity index (χ1) is 24.6. The Balaban J connectivity index is 0.00000627. The van der Waals surface area contributed by atoms with Gasteiger partial charge in [-0.15, -0.1) is 0 Å². The molecule has 1 aliphatic rings. The van der Waals surface area contributed by atoms with Gasteiger partial charge in [0.15, 0.2) is 46.0 Å². The summed E-state index contributed by atoms with van der Waals surface area (Å²) in [5.41, 5.74) is 0.269. The van der Waals surface area contributed by atoms with E-state index in [2.05, 4.69) is 0 Å². The van der Waals surface area contributed by atoms with Crippen molar-refractivity contribution in [1.82, 2.24) is 0 Å². The number of aromatic hydroxyl groups is 7. The molecule has 16 nitrogen and oxygen atoms in total. The Morgan fingerprint density at radius 2 is 1.15 bits per heavy atom. The maximum atomic E-state index is 13.9. The number of carbonyl (C=O) groups is 4. The van der Waals surface area contributed by atoms with E-state index in [4.69, 9.17) is 14.2 Å². The third-order valence-corrected chi connectivity index (χ3v) is 8.01. The molecular formula is C36H28MgO16. The van der Waals surface area contributed by atoms with Crippen LogP contribution in [0.25, 0.3) is 6.08 Å².